The van der Waals surface area contributed by atoms with Crippen LogP contribution < -0.4 is 11.2 Å². The van der Waals surface area contributed by atoms with E-state index in [2.05, 4.69) is 32.0 Å². The molecule has 0 saturated heterocycles. The molecule has 170 valence electrons. The van der Waals surface area contributed by atoms with Crippen molar-refractivity contribution in [2.24, 2.45) is 20.0 Å². The molecular formula is C23H24BrN7O2. The van der Waals surface area contributed by atoms with Crippen molar-refractivity contribution < 1.29 is 0 Å². The number of nitrogens with one attached hydrogen (secondary N) is 1. The van der Waals surface area contributed by atoms with Crippen LogP contribution in [0.25, 0.3) is 33.5 Å². The zero-order valence-corrected chi connectivity index (χ0v) is 20.4. The molecule has 10 heteroatoms. The number of halogens is 1. The molecule has 4 aromatic heterocycles. The molecule has 5 aromatic rings. The van der Waals surface area contributed by atoms with Crippen molar-refractivity contribution in [1.82, 2.24) is 33.4 Å². The Hall–Kier alpha value is -3.40. The molecule has 0 spiro atoms. The van der Waals surface area contributed by atoms with E-state index in [-0.39, 0.29) is 17.2 Å². The van der Waals surface area contributed by atoms with Gasteiger partial charge < -0.3 is 9.55 Å². The van der Waals surface area contributed by atoms with Crippen molar-refractivity contribution in [1.29, 1.82) is 0 Å². The Morgan fingerprint density at radius 1 is 1.18 bits per heavy atom. The van der Waals surface area contributed by atoms with Crippen molar-refractivity contribution in [2.45, 2.75) is 26.9 Å². The minimum atomic E-state index is -0.374. The van der Waals surface area contributed by atoms with Crippen molar-refractivity contribution in [3.8, 4) is 11.5 Å². The third kappa shape index (κ3) is 3.45. The maximum atomic E-state index is 13.3. The topological polar surface area (TPSA) is 95.4 Å². The molecule has 33 heavy (non-hydrogen) atoms. The van der Waals surface area contributed by atoms with Crippen LogP contribution in [0.15, 0.2) is 50.9 Å². The van der Waals surface area contributed by atoms with Gasteiger partial charge in [0, 0.05) is 54.6 Å². The number of H-pyrrole nitrogens is 1. The Labute approximate surface area is 197 Å². The monoisotopic (exact) mass is 509 g/mol. The number of aromatic nitrogens is 7. The smallest absolute Gasteiger partial charge is 0.332 e. The van der Waals surface area contributed by atoms with Crippen LogP contribution in [0, 0.1) is 5.92 Å². The highest BCUT2D eigenvalue weighted by molar-refractivity contribution is 9.10. The summed E-state index contributed by atoms with van der Waals surface area (Å²) < 4.78 is 7.37. The lowest BCUT2D eigenvalue weighted by molar-refractivity contribution is 0.498. The lowest BCUT2D eigenvalue weighted by Gasteiger charge is -2.11. The fourth-order valence-electron chi connectivity index (χ4n) is 4.27. The summed E-state index contributed by atoms with van der Waals surface area (Å²) in [4.78, 5) is 34.1. The second-order valence-electron chi connectivity index (χ2n) is 8.72. The molecular weight excluding hydrogens is 486 g/mol. The summed E-state index contributed by atoms with van der Waals surface area (Å²) in [7, 11) is 3.39. The summed E-state index contributed by atoms with van der Waals surface area (Å²) >= 11 is 3.55. The predicted molar refractivity (Wildman–Crippen MR) is 131 cm³/mol. The Morgan fingerprint density at radius 2 is 1.97 bits per heavy atom. The van der Waals surface area contributed by atoms with E-state index in [1.54, 1.807) is 15.4 Å². The summed E-state index contributed by atoms with van der Waals surface area (Å²) in [5.74, 6) is 0.821. The minimum absolute atomic E-state index is 0.205. The van der Waals surface area contributed by atoms with Crippen LogP contribution in [0.4, 0.5) is 0 Å². The second-order valence-corrected chi connectivity index (χ2v) is 9.64. The van der Waals surface area contributed by atoms with Gasteiger partial charge in [-0.15, -0.1) is 0 Å². The fourth-order valence-corrected chi connectivity index (χ4v) is 4.63. The van der Waals surface area contributed by atoms with E-state index in [4.69, 9.17) is 5.10 Å². The van der Waals surface area contributed by atoms with Gasteiger partial charge in [0.1, 0.15) is 11.1 Å². The fraction of sp³-hybridized carbons (Fsp3) is 0.304. The average molecular weight is 510 g/mol. The molecule has 1 aromatic carbocycles. The van der Waals surface area contributed by atoms with Crippen molar-refractivity contribution in [3.63, 3.8) is 0 Å². The number of aromatic amines is 1. The number of rotatable bonds is 5. The quantitative estimate of drug-likeness (QED) is 0.393. The van der Waals surface area contributed by atoms with E-state index in [9.17, 15) is 9.59 Å². The number of aryl methyl sites for hydroxylation is 1. The number of hydrogen-bond donors (Lipinski definition) is 1. The lowest BCUT2D eigenvalue weighted by Crippen LogP contribution is -2.38. The zero-order valence-electron chi connectivity index (χ0n) is 18.8. The summed E-state index contributed by atoms with van der Waals surface area (Å²) in [6.07, 6.45) is 5.47. The number of fused-ring (bicyclic) bond motifs is 2. The minimum Gasteiger partial charge on any atom is -0.361 e. The van der Waals surface area contributed by atoms with Gasteiger partial charge in [-0.2, -0.15) is 5.10 Å². The normalized spacial score (nSPS) is 11.9. The third-order valence-electron chi connectivity index (χ3n) is 5.86. The summed E-state index contributed by atoms with van der Waals surface area (Å²) in [6, 6.07) is 6.05. The number of hydrogen-bond acceptors (Lipinski definition) is 4. The van der Waals surface area contributed by atoms with Crippen LogP contribution in [-0.2, 0) is 27.2 Å². The molecule has 0 aliphatic carbocycles. The first kappa shape index (κ1) is 21.4. The van der Waals surface area contributed by atoms with Crippen LogP contribution >= 0.6 is 15.9 Å². The summed E-state index contributed by atoms with van der Waals surface area (Å²) in [5.41, 5.74) is 2.27. The predicted octanol–water partition coefficient (Wildman–Crippen LogP) is 3.25. The van der Waals surface area contributed by atoms with E-state index >= 15 is 0 Å². The Bertz CT molecular complexity index is 1630. The van der Waals surface area contributed by atoms with Gasteiger partial charge in [0.25, 0.3) is 5.56 Å². The van der Waals surface area contributed by atoms with Gasteiger partial charge in [-0.3, -0.25) is 18.6 Å². The standard InChI is InChI=1S/C23H24BrN7O2/c1-13(2)11-30-20-18(22(32)29(4)23(30)33)19(21-25-7-8-28(21)3)31(27-20)12-14-10-26-17-6-5-15(24)9-16(14)17/h5-10,13,26H,11-12H2,1-4H3. The van der Waals surface area contributed by atoms with Gasteiger partial charge in [-0.25, -0.2) is 9.78 Å². The molecule has 1 N–H and O–H groups in total. The number of benzene rings is 1. The molecule has 0 aliphatic heterocycles. The van der Waals surface area contributed by atoms with Gasteiger partial charge in [0.2, 0.25) is 0 Å². The summed E-state index contributed by atoms with van der Waals surface area (Å²) in [5, 5.41) is 6.27. The van der Waals surface area contributed by atoms with E-state index in [1.807, 2.05) is 50.0 Å². The molecule has 4 heterocycles. The second kappa shape index (κ2) is 7.87. The molecule has 0 unspecified atom stereocenters. The van der Waals surface area contributed by atoms with E-state index in [1.165, 1.54) is 7.05 Å². The maximum Gasteiger partial charge on any atom is 0.332 e. The van der Waals surface area contributed by atoms with Crippen LogP contribution in [0.2, 0.25) is 0 Å². The molecule has 0 fully saturated rings. The first-order valence-corrected chi connectivity index (χ1v) is 11.5. The maximum absolute atomic E-state index is 13.3. The molecule has 0 bridgehead atoms. The van der Waals surface area contributed by atoms with Crippen molar-refractivity contribution in [2.75, 3.05) is 0 Å². The van der Waals surface area contributed by atoms with E-state index < -0.39 is 0 Å². The Morgan fingerprint density at radius 3 is 2.67 bits per heavy atom. The van der Waals surface area contributed by atoms with Crippen LogP contribution in [0.3, 0.4) is 0 Å². The highest BCUT2D eigenvalue weighted by Crippen LogP contribution is 2.28. The molecule has 9 nitrogen and oxygen atoms in total. The first-order valence-electron chi connectivity index (χ1n) is 10.7. The average Bonchev–Trinajstić information content (AvgIpc) is 3.47. The molecule has 0 atom stereocenters. The lowest BCUT2D eigenvalue weighted by atomic mass is 10.1. The SMILES string of the molecule is CC(C)Cn1c(=O)n(C)c(=O)c2c(-c3nccn3C)n(Cc3c[nH]c4ccc(Br)cc34)nc21. The molecule has 5 rings (SSSR count). The molecule has 0 saturated carbocycles. The highest BCUT2D eigenvalue weighted by Gasteiger charge is 2.25. The number of nitrogens with zero attached hydrogens (tertiary/aromatic N) is 6. The Kier molecular flexibility index (Phi) is 5.12. The Balaban J connectivity index is 1.84. The largest absolute Gasteiger partial charge is 0.361 e. The molecule has 0 amide bonds. The van der Waals surface area contributed by atoms with E-state index in [0.717, 1.165) is 25.5 Å². The van der Waals surface area contributed by atoms with Gasteiger partial charge in [-0.1, -0.05) is 29.8 Å². The van der Waals surface area contributed by atoms with Crippen LogP contribution in [-0.4, -0.2) is 33.4 Å². The van der Waals surface area contributed by atoms with Crippen LogP contribution in [0.5, 0.6) is 0 Å². The van der Waals surface area contributed by atoms with Crippen LogP contribution in [0.1, 0.15) is 19.4 Å². The molecule has 0 aliphatic rings. The highest BCUT2D eigenvalue weighted by atomic mass is 79.9. The third-order valence-corrected chi connectivity index (χ3v) is 6.35. The van der Waals surface area contributed by atoms with Gasteiger partial charge in [0.15, 0.2) is 11.5 Å². The van der Waals surface area contributed by atoms with Gasteiger partial charge in [0.05, 0.1) is 6.54 Å². The van der Waals surface area contributed by atoms with E-state index in [0.29, 0.717) is 35.6 Å². The zero-order chi connectivity index (χ0) is 23.4. The first-order chi connectivity index (χ1) is 15.8. The molecule has 0 radical (unpaired) electrons. The van der Waals surface area contributed by atoms with Crippen molar-refractivity contribution in [3.05, 3.63) is 67.7 Å². The number of imidazole rings is 1. The van der Waals surface area contributed by atoms with Gasteiger partial charge in [-0.05, 0) is 29.7 Å². The van der Waals surface area contributed by atoms with Crippen molar-refractivity contribution >= 4 is 37.9 Å². The summed E-state index contributed by atoms with van der Waals surface area (Å²) in [6.45, 7) is 4.93. The van der Waals surface area contributed by atoms with Gasteiger partial charge >= 0.3 is 5.69 Å².